The summed E-state index contributed by atoms with van der Waals surface area (Å²) in [5.74, 6) is 1.03. The van der Waals surface area contributed by atoms with Gasteiger partial charge in [-0.2, -0.15) is 0 Å². The molecule has 0 spiro atoms. The number of ether oxygens (including phenoxy) is 1. The van der Waals surface area contributed by atoms with Gasteiger partial charge in [0.05, 0.1) is 17.5 Å². The van der Waals surface area contributed by atoms with E-state index in [4.69, 9.17) is 10.1 Å². The van der Waals surface area contributed by atoms with Crippen LogP contribution < -0.4 is 0 Å². The van der Waals surface area contributed by atoms with Crippen molar-refractivity contribution in [2.45, 2.75) is 46.3 Å². The van der Waals surface area contributed by atoms with Gasteiger partial charge in [0, 0.05) is 19.0 Å². The van der Waals surface area contributed by atoms with Gasteiger partial charge in [0.1, 0.15) is 0 Å². The van der Waals surface area contributed by atoms with E-state index in [-0.39, 0.29) is 11.7 Å². The van der Waals surface area contributed by atoms with Crippen molar-refractivity contribution in [1.29, 1.82) is 5.41 Å². The van der Waals surface area contributed by atoms with Crippen LogP contribution in [0.15, 0.2) is 0 Å². The fraction of sp³-hybridized carbons (Fsp3) is 0.909. The second kappa shape index (κ2) is 3.89. The number of hydrogen-bond acceptors (Lipinski definition) is 2. The van der Waals surface area contributed by atoms with Crippen molar-refractivity contribution in [2.24, 2.45) is 5.92 Å². The molecule has 82 valence electrons. The van der Waals surface area contributed by atoms with Gasteiger partial charge in [-0.25, -0.2) is 0 Å². The summed E-state index contributed by atoms with van der Waals surface area (Å²) >= 11 is 0. The Morgan fingerprint density at radius 2 is 2.07 bits per heavy atom. The lowest BCUT2D eigenvalue weighted by Crippen LogP contribution is -2.54. The maximum atomic E-state index is 7.97. The van der Waals surface area contributed by atoms with Crippen molar-refractivity contribution in [3.63, 3.8) is 0 Å². The highest BCUT2D eigenvalue weighted by Crippen LogP contribution is 2.21. The van der Waals surface area contributed by atoms with E-state index in [1.807, 2.05) is 0 Å². The van der Waals surface area contributed by atoms with Crippen LogP contribution in [-0.2, 0) is 4.74 Å². The summed E-state index contributed by atoms with van der Waals surface area (Å²) in [5.41, 5.74) is -0.126. The molecule has 1 fully saturated rings. The van der Waals surface area contributed by atoms with Crippen LogP contribution in [0.2, 0.25) is 0 Å². The van der Waals surface area contributed by atoms with Crippen LogP contribution in [0.4, 0.5) is 0 Å². The Balaban J connectivity index is 2.67. The zero-order chi connectivity index (χ0) is 10.9. The lowest BCUT2D eigenvalue weighted by molar-refractivity contribution is -0.113. The summed E-state index contributed by atoms with van der Waals surface area (Å²) in [5, 5.41) is 7.97. The first kappa shape index (κ1) is 11.5. The third kappa shape index (κ3) is 2.71. The molecule has 1 saturated heterocycles. The molecule has 0 aromatic heterocycles. The highest BCUT2D eigenvalue weighted by Gasteiger charge is 2.32. The van der Waals surface area contributed by atoms with Gasteiger partial charge in [0.25, 0.3) is 0 Å². The van der Waals surface area contributed by atoms with Crippen LogP contribution in [0.1, 0.15) is 34.6 Å². The Morgan fingerprint density at radius 1 is 1.50 bits per heavy atom. The van der Waals surface area contributed by atoms with Crippen molar-refractivity contribution in [2.75, 3.05) is 13.1 Å². The summed E-state index contributed by atoms with van der Waals surface area (Å²) in [6.45, 7) is 12.0. The van der Waals surface area contributed by atoms with Crippen LogP contribution in [0.3, 0.4) is 0 Å². The number of morpholine rings is 1. The molecule has 3 heteroatoms. The van der Waals surface area contributed by atoms with Gasteiger partial charge >= 0.3 is 0 Å². The minimum Gasteiger partial charge on any atom is -0.369 e. The number of amidine groups is 1. The van der Waals surface area contributed by atoms with Crippen LogP contribution in [0.25, 0.3) is 0 Å². The molecule has 0 radical (unpaired) electrons. The number of rotatable bonds is 1. The van der Waals surface area contributed by atoms with E-state index in [1.165, 1.54) is 0 Å². The van der Waals surface area contributed by atoms with Crippen molar-refractivity contribution in [1.82, 2.24) is 4.90 Å². The Hall–Kier alpha value is -0.570. The Kier molecular flexibility index (Phi) is 3.20. The monoisotopic (exact) mass is 198 g/mol. The molecule has 1 atom stereocenters. The maximum Gasteiger partial charge on any atom is 0.0985 e. The maximum absolute atomic E-state index is 7.97. The van der Waals surface area contributed by atoms with Gasteiger partial charge in [-0.3, -0.25) is 5.41 Å². The number of nitrogens with one attached hydrogen (secondary N) is 1. The minimum absolute atomic E-state index is 0.126. The molecule has 0 bridgehead atoms. The molecule has 1 aliphatic heterocycles. The summed E-state index contributed by atoms with van der Waals surface area (Å²) in [4.78, 5) is 2.14. The molecule has 0 aliphatic carbocycles. The van der Waals surface area contributed by atoms with E-state index in [2.05, 4.69) is 39.5 Å². The van der Waals surface area contributed by atoms with E-state index >= 15 is 0 Å². The Labute approximate surface area is 86.9 Å². The van der Waals surface area contributed by atoms with Crippen LogP contribution in [0.5, 0.6) is 0 Å². The van der Waals surface area contributed by atoms with Crippen molar-refractivity contribution >= 4 is 5.84 Å². The first-order valence-corrected chi connectivity index (χ1v) is 5.33. The van der Waals surface area contributed by atoms with Crippen LogP contribution in [-0.4, -0.2) is 35.5 Å². The molecule has 0 saturated carbocycles. The van der Waals surface area contributed by atoms with Crippen molar-refractivity contribution in [3.05, 3.63) is 0 Å². The fourth-order valence-electron chi connectivity index (χ4n) is 2.00. The average molecular weight is 198 g/mol. The van der Waals surface area contributed by atoms with Gasteiger partial charge in [-0.05, 0) is 20.8 Å². The summed E-state index contributed by atoms with van der Waals surface area (Å²) in [6.07, 6.45) is 0.220. The van der Waals surface area contributed by atoms with E-state index in [9.17, 15) is 0 Å². The minimum atomic E-state index is -0.126. The highest BCUT2D eigenvalue weighted by molar-refractivity contribution is 5.81. The Morgan fingerprint density at radius 3 is 2.50 bits per heavy atom. The third-order valence-corrected chi connectivity index (χ3v) is 2.46. The lowest BCUT2D eigenvalue weighted by Gasteiger charge is -2.43. The molecular weight excluding hydrogens is 176 g/mol. The van der Waals surface area contributed by atoms with Crippen molar-refractivity contribution in [3.8, 4) is 0 Å². The molecule has 0 amide bonds. The fourth-order valence-corrected chi connectivity index (χ4v) is 2.00. The van der Waals surface area contributed by atoms with E-state index < -0.39 is 0 Å². The second-order valence-electron chi connectivity index (χ2n) is 5.11. The Bertz CT molecular complexity index is 223. The number of nitrogens with zero attached hydrogens (tertiary/aromatic N) is 1. The summed E-state index contributed by atoms with van der Waals surface area (Å²) in [7, 11) is 0. The molecule has 1 aliphatic rings. The molecular formula is C11H22N2O. The van der Waals surface area contributed by atoms with Gasteiger partial charge in [0.2, 0.25) is 0 Å². The van der Waals surface area contributed by atoms with Crippen LogP contribution in [0, 0.1) is 11.3 Å². The smallest absolute Gasteiger partial charge is 0.0985 e. The number of hydrogen-bond donors (Lipinski definition) is 1. The predicted molar refractivity (Wildman–Crippen MR) is 58.8 cm³/mol. The van der Waals surface area contributed by atoms with E-state index in [0.717, 1.165) is 18.9 Å². The normalized spacial score (nSPS) is 26.7. The van der Waals surface area contributed by atoms with Gasteiger partial charge in [-0.1, -0.05) is 13.8 Å². The topological polar surface area (TPSA) is 36.3 Å². The molecule has 3 nitrogen and oxygen atoms in total. The van der Waals surface area contributed by atoms with E-state index in [0.29, 0.717) is 5.92 Å². The molecule has 1 unspecified atom stereocenters. The summed E-state index contributed by atoms with van der Waals surface area (Å²) in [6, 6.07) is 0. The molecule has 1 N–H and O–H groups in total. The zero-order valence-electron chi connectivity index (χ0n) is 9.92. The summed E-state index contributed by atoms with van der Waals surface area (Å²) < 4.78 is 5.80. The first-order chi connectivity index (χ1) is 6.32. The average Bonchev–Trinajstić information content (AvgIpc) is 1.98. The van der Waals surface area contributed by atoms with Gasteiger partial charge < -0.3 is 9.64 Å². The van der Waals surface area contributed by atoms with Crippen LogP contribution >= 0.6 is 0 Å². The lowest BCUT2D eigenvalue weighted by atomic mass is 10.0. The largest absolute Gasteiger partial charge is 0.369 e. The zero-order valence-corrected chi connectivity index (χ0v) is 9.92. The molecule has 0 aromatic carbocycles. The molecule has 1 heterocycles. The van der Waals surface area contributed by atoms with Gasteiger partial charge in [-0.15, -0.1) is 0 Å². The molecule has 0 aromatic rings. The van der Waals surface area contributed by atoms with Gasteiger partial charge in [0.15, 0.2) is 0 Å². The molecule has 14 heavy (non-hydrogen) atoms. The molecule has 1 rings (SSSR count). The standard InChI is InChI=1S/C11H22N2O/c1-8(2)10(12)13-6-9(3)14-11(4,5)7-13/h8-9,12H,6-7H2,1-5H3. The quantitative estimate of drug-likeness (QED) is 0.517. The SMILES string of the molecule is CC1CN(C(=N)C(C)C)CC(C)(C)O1. The highest BCUT2D eigenvalue weighted by atomic mass is 16.5. The third-order valence-electron chi connectivity index (χ3n) is 2.46. The first-order valence-electron chi connectivity index (χ1n) is 5.33. The van der Waals surface area contributed by atoms with E-state index in [1.54, 1.807) is 0 Å². The predicted octanol–water partition coefficient (Wildman–Crippen LogP) is 2.12. The second-order valence-corrected chi connectivity index (χ2v) is 5.11. The van der Waals surface area contributed by atoms with Crippen molar-refractivity contribution < 1.29 is 4.74 Å².